The maximum absolute atomic E-state index is 9.44. The van der Waals surface area contributed by atoms with Crippen LogP contribution in [0.2, 0.25) is 5.02 Å². The third-order valence-corrected chi connectivity index (χ3v) is 2.46. The summed E-state index contributed by atoms with van der Waals surface area (Å²) >= 11 is 5.96. The Morgan fingerprint density at radius 1 is 1.46 bits per heavy atom. The van der Waals surface area contributed by atoms with Crippen LogP contribution >= 0.6 is 11.6 Å². The van der Waals surface area contributed by atoms with E-state index >= 15 is 0 Å². The van der Waals surface area contributed by atoms with E-state index < -0.39 is 6.10 Å². The summed E-state index contributed by atoms with van der Waals surface area (Å²) in [6, 6.07) is 5.65. The fraction of sp³-hybridized carbons (Fsp3) is 0.200. The minimum atomic E-state index is -0.466. The van der Waals surface area contributed by atoms with Gasteiger partial charge in [-0.15, -0.1) is 0 Å². The molecule has 0 fully saturated rings. The summed E-state index contributed by atoms with van der Waals surface area (Å²) in [7, 11) is 0. The summed E-state index contributed by atoms with van der Waals surface area (Å²) in [5.74, 6) is 0. The first-order valence-corrected chi connectivity index (χ1v) is 4.51. The van der Waals surface area contributed by atoms with Crippen LogP contribution in [0.1, 0.15) is 18.6 Å². The molecule has 1 aromatic heterocycles. The molecule has 2 rings (SSSR count). The normalized spacial score (nSPS) is 13.5. The Kier molecular flexibility index (Phi) is 2.02. The fourth-order valence-electron chi connectivity index (χ4n) is 1.48. The number of fused-ring (bicyclic) bond motifs is 1. The van der Waals surface area contributed by atoms with Gasteiger partial charge in [-0.05, 0) is 13.0 Å². The third-order valence-electron chi connectivity index (χ3n) is 2.15. The minimum Gasteiger partial charge on any atom is -0.389 e. The van der Waals surface area contributed by atoms with Gasteiger partial charge in [-0.1, -0.05) is 23.7 Å². The van der Waals surface area contributed by atoms with E-state index in [-0.39, 0.29) is 0 Å². The van der Waals surface area contributed by atoms with E-state index in [1.54, 1.807) is 13.1 Å². The van der Waals surface area contributed by atoms with E-state index in [0.29, 0.717) is 5.02 Å². The minimum absolute atomic E-state index is 0.466. The van der Waals surface area contributed by atoms with Crippen molar-refractivity contribution >= 4 is 22.5 Å². The summed E-state index contributed by atoms with van der Waals surface area (Å²) in [5.41, 5.74) is 1.78. The van der Waals surface area contributed by atoms with Gasteiger partial charge in [-0.3, -0.25) is 0 Å². The van der Waals surface area contributed by atoms with Crippen molar-refractivity contribution in [1.29, 1.82) is 0 Å². The molecule has 13 heavy (non-hydrogen) atoms. The molecule has 0 unspecified atom stereocenters. The van der Waals surface area contributed by atoms with Crippen LogP contribution in [0.15, 0.2) is 24.4 Å². The molecule has 1 heterocycles. The Morgan fingerprint density at radius 3 is 2.92 bits per heavy atom. The number of aliphatic hydroxyl groups is 1. The van der Waals surface area contributed by atoms with Gasteiger partial charge in [0, 0.05) is 17.1 Å². The SMILES string of the molecule is C[C@H](O)c1c[nH]c2c(Cl)cccc12. The van der Waals surface area contributed by atoms with Gasteiger partial charge in [0.1, 0.15) is 0 Å². The lowest BCUT2D eigenvalue weighted by Gasteiger charge is -2.01. The number of para-hydroxylation sites is 1. The highest BCUT2D eigenvalue weighted by molar-refractivity contribution is 6.35. The number of aromatic amines is 1. The number of rotatable bonds is 1. The van der Waals surface area contributed by atoms with Crippen LogP contribution in [0.5, 0.6) is 0 Å². The topological polar surface area (TPSA) is 36.0 Å². The predicted molar refractivity (Wildman–Crippen MR) is 53.9 cm³/mol. The fourth-order valence-corrected chi connectivity index (χ4v) is 1.71. The summed E-state index contributed by atoms with van der Waals surface area (Å²) < 4.78 is 0. The summed E-state index contributed by atoms with van der Waals surface area (Å²) in [6.07, 6.45) is 1.33. The molecular formula is C10H10ClNO. The van der Waals surface area contributed by atoms with Crippen molar-refractivity contribution in [3.8, 4) is 0 Å². The smallest absolute Gasteiger partial charge is 0.0782 e. The molecule has 2 nitrogen and oxygen atoms in total. The predicted octanol–water partition coefficient (Wildman–Crippen LogP) is 2.87. The summed E-state index contributed by atoms with van der Waals surface area (Å²) in [6.45, 7) is 1.74. The van der Waals surface area contributed by atoms with E-state index in [4.69, 9.17) is 11.6 Å². The van der Waals surface area contributed by atoms with Crippen molar-refractivity contribution in [3.63, 3.8) is 0 Å². The zero-order valence-electron chi connectivity index (χ0n) is 7.21. The lowest BCUT2D eigenvalue weighted by Crippen LogP contribution is -1.87. The van der Waals surface area contributed by atoms with Gasteiger partial charge in [0.15, 0.2) is 0 Å². The molecule has 68 valence electrons. The Balaban J connectivity index is 2.75. The van der Waals surface area contributed by atoms with Crippen LogP contribution in [0, 0.1) is 0 Å². The molecule has 0 saturated carbocycles. The Bertz CT molecular complexity index is 433. The standard InChI is InChI=1S/C10H10ClNO/c1-6(13)8-5-12-10-7(8)3-2-4-9(10)11/h2-6,12-13H,1H3/t6-/m0/s1. The van der Waals surface area contributed by atoms with Crippen molar-refractivity contribution in [2.75, 3.05) is 0 Å². The second kappa shape index (κ2) is 3.05. The van der Waals surface area contributed by atoms with Gasteiger partial charge in [-0.25, -0.2) is 0 Å². The summed E-state index contributed by atoms with van der Waals surface area (Å²) in [4.78, 5) is 3.05. The molecule has 0 saturated heterocycles. The lowest BCUT2D eigenvalue weighted by molar-refractivity contribution is 0.201. The number of nitrogens with one attached hydrogen (secondary N) is 1. The van der Waals surface area contributed by atoms with Crippen LogP contribution in [0.25, 0.3) is 10.9 Å². The van der Waals surface area contributed by atoms with E-state index in [2.05, 4.69) is 4.98 Å². The van der Waals surface area contributed by atoms with Crippen LogP contribution in [0.3, 0.4) is 0 Å². The molecule has 0 aliphatic carbocycles. The first-order chi connectivity index (χ1) is 6.20. The molecule has 0 bridgehead atoms. The Labute approximate surface area is 81.1 Å². The number of hydrogen-bond acceptors (Lipinski definition) is 1. The molecule has 1 atom stereocenters. The highest BCUT2D eigenvalue weighted by Crippen LogP contribution is 2.28. The molecule has 0 radical (unpaired) electrons. The monoisotopic (exact) mass is 195 g/mol. The number of aromatic nitrogens is 1. The van der Waals surface area contributed by atoms with Crippen LogP contribution in [0.4, 0.5) is 0 Å². The molecule has 2 aromatic rings. The molecular weight excluding hydrogens is 186 g/mol. The lowest BCUT2D eigenvalue weighted by atomic mass is 10.1. The highest BCUT2D eigenvalue weighted by Gasteiger charge is 2.09. The van der Waals surface area contributed by atoms with Crippen molar-refractivity contribution in [2.45, 2.75) is 13.0 Å². The maximum atomic E-state index is 9.44. The van der Waals surface area contributed by atoms with E-state index in [9.17, 15) is 5.11 Å². The number of H-pyrrole nitrogens is 1. The average molecular weight is 196 g/mol. The van der Waals surface area contributed by atoms with Gasteiger partial charge in [0.25, 0.3) is 0 Å². The molecule has 0 aliphatic heterocycles. The second-order valence-electron chi connectivity index (χ2n) is 3.08. The average Bonchev–Trinajstić information content (AvgIpc) is 2.48. The molecule has 3 heteroatoms. The van der Waals surface area contributed by atoms with Crippen molar-refractivity contribution in [1.82, 2.24) is 4.98 Å². The van der Waals surface area contributed by atoms with Crippen LogP contribution in [-0.2, 0) is 0 Å². The first kappa shape index (κ1) is 8.60. The zero-order valence-corrected chi connectivity index (χ0v) is 7.97. The Morgan fingerprint density at radius 2 is 2.23 bits per heavy atom. The molecule has 0 spiro atoms. The second-order valence-corrected chi connectivity index (χ2v) is 3.49. The van der Waals surface area contributed by atoms with Gasteiger partial charge >= 0.3 is 0 Å². The van der Waals surface area contributed by atoms with Gasteiger partial charge in [0.2, 0.25) is 0 Å². The van der Waals surface area contributed by atoms with E-state index in [1.807, 2.05) is 18.2 Å². The van der Waals surface area contributed by atoms with Gasteiger partial charge in [0.05, 0.1) is 16.6 Å². The van der Waals surface area contributed by atoms with E-state index in [1.165, 1.54) is 0 Å². The third kappa shape index (κ3) is 1.32. The van der Waals surface area contributed by atoms with Crippen molar-refractivity contribution in [3.05, 3.63) is 35.0 Å². The van der Waals surface area contributed by atoms with Crippen LogP contribution < -0.4 is 0 Å². The molecule has 0 aliphatic rings. The summed E-state index contributed by atoms with van der Waals surface area (Å²) in [5, 5.41) is 11.1. The van der Waals surface area contributed by atoms with Crippen molar-refractivity contribution < 1.29 is 5.11 Å². The number of hydrogen-bond donors (Lipinski definition) is 2. The largest absolute Gasteiger partial charge is 0.389 e. The molecule has 1 aromatic carbocycles. The Hall–Kier alpha value is -0.990. The van der Waals surface area contributed by atoms with Crippen molar-refractivity contribution in [2.24, 2.45) is 0 Å². The molecule has 0 amide bonds. The molecule has 2 N–H and O–H groups in total. The number of aliphatic hydroxyl groups excluding tert-OH is 1. The number of halogens is 1. The number of benzene rings is 1. The highest BCUT2D eigenvalue weighted by atomic mass is 35.5. The van der Waals surface area contributed by atoms with Gasteiger partial charge < -0.3 is 10.1 Å². The van der Waals surface area contributed by atoms with E-state index in [0.717, 1.165) is 16.5 Å². The maximum Gasteiger partial charge on any atom is 0.0782 e. The van der Waals surface area contributed by atoms with Crippen LogP contribution in [-0.4, -0.2) is 10.1 Å². The zero-order chi connectivity index (χ0) is 9.42. The van der Waals surface area contributed by atoms with Gasteiger partial charge in [-0.2, -0.15) is 0 Å². The first-order valence-electron chi connectivity index (χ1n) is 4.13. The quantitative estimate of drug-likeness (QED) is 0.721.